The second kappa shape index (κ2) is 7.24. The van der Waals surface area contributed by atoms with Gasteiger partial charge in [-0.1, -0.05) is 25.4 Å². The molecule has 0 fully saturated rings. The molecular formula is C10H19ClN4O2. The Hall–Kier alpha value is -1.14. The summed E-state index contributed by atoms with van der Waals surface area (Å²) in [7, 11) is 0. The lowest BCUT2D eigenvalue weighted by atomic mass is 9.99. The highest BCUT2D eigenvalue weighted by Gasteiger charge is 2.22. The Kier molecular flexibility index (Phi) is 6.75. The number of nitrogens with two attached hydrogens (primary N) is 1. The van der Waals surface area contributed by atoms with Gasteiger partial charge in [-0.15, -0.1) is 12.4 Å². The van der Waals surface area contributed by atoms with E-state index in [9.17, 15) is 4.79 Å². The van der Waals surface area contributed by atoms with Crippen LogP contribution in [0.5, 0.6) is 0 Å². The van der Waals surface area contributed by atoms with E-state index in [1.165, 1.54) is 6.39 Å². The average molecular weight is 263 g/mol. The van der Waals surface area contributed by atoms with Crippen molar-refractivity contribution in [3.63, 3.8) is 0 Å². The molecule has 0 aromatic carbocycles. The summed E-state index contributed by atoms with van der Waals surface area (Å²) in [4.78, 5) is 15.6. The van der Waals surface area contributed by atoms with Gasteiger partial charge in [0.1, 0.15) is 0 Å². The van der Waals surface area contributed by atoms with Crippen LogP contribution in [-0.4, -0.2) is 22.1 Å². The lowest BCUT2D eigenvalue weighted by Gasteiger charge is -2.19. The minimum atomic E-state index is -0.501. The lowest BCUT2D eigenvalue weighted by molar-refractivity contribution is -0.124. The molecule has 0 spiro atoms. The van der Waals surface area contributed by atoms with E-state index < -0.39 is 6.04 Å². The number of halogens is 1. The number of hydrogen-bond donors (Lipinski definition) is 2. The molecule has 0 radical (unpaired) electrons. The number of carbonyl (C=O) groups is 1. The molecule has 3 atom stereocenters. The quantitative estimate of drug-likeness (QED) is 0.827. The molecule has 1 aromatic rings. The van der Waals surface area contributed by atoms with Crippen LogP contribution in [0.1, 0.15) is 39.1 Å². The van der Waals surface area contributed by atoms with Crippen LogP contribution in [0.25, 0.3) is 0 Å². The molecule has 1 amide bonds. The normalized spacial score (nSPS) is 15.5. The number of aromatic nitrogens is 2. The van der Waals surface area contributed by atoms with Crippen molar-refractivity contribution in [2.75, 3.05) is 0 Å². The molecule has 1 rings (SSSR count). The molecule has 0 aliphatic heterocycles. The van der Waals surface area contributed by atoms with Gasteiger partial charge in [-0.2, -0.15) is 4.98 Å². The largest absolute Gasteiger partial charge is 0.345 e. The van der Waals surface area contributed by atoms with Crippen LogP contribution in [0.4, 0.5) is 0 Å². The van der Waals surface area contributed by atoms with Gasteiger partial charge in [-0.3, -0.25) is 4.79 Å². The standard InChI is InChI=1S/C10H18N4O2.ClH/c1-4-6(2)8(11)10(15)13-7(3)9-12-5-16-14-9;/h5-8H,4,11H2,1-3H3,(H,13,15);1H. The van der Waals surface area contributed by atoms with Gasteiger partial charge in [0.2, 0.25) is 12.3 Å². The Bertz CT molecular complexity index is 331. The molecule has 17 heavy (non-hydrogen) atoms. The Labute approximate surface area is 107 Å². The van der Waals surface area contributed by atoms with Crippen LogP contribution >= 0.6 is 12.4 Å². The summed E-state index contributed by atoms with van der Waals surface area (Å²) in [5, 5.41) is 6.40. The van der Waals surface area contributed by atoms with Gasteiger partial charge in [0.05, 0.1) is 12.1 Å². The van der Waals surface area contributed by atoms with E-state index in [1.807, 2.05) is 13.8 Å². The summed E-state index contributed by atoms with van der Waals surface area (Å²) >= 11 is 0. The number of nitrogens with zero attached hydrogens (tertiary/aromatic N) is 2. The van der Waals surface area contributed by atoms with Gasteiger partial charge in [0, 0.05) is 0 Å². The van der Waals surface area contributed by atoms with Gasteiger partial charge in [-0.25, -0.2) is 0 Å². The van der Waals surface area contributed by atoms with E-state index in [4.69, 9.17) is 5.73 Å². The number of hydrogen-bond acceptors (Lipinski definition) is 5. The van der Waals surface area contributed by atoms with E-state index in [2.05, 4.69) is 20.0 Å². The minimum absolute atomic E-state index is 0. The van der Waals surface area contributed by atoms with Gasteiger partial charge in [0.15, 0.2) is 5.82 Å². The molecule has 0 saturated heterocycles. The second-order valence-electron chi connectivity index (χ2n) is 3.93. The first-order valence-electron chi connectivity index (χ1n) is 5.38. The molecule has 3 unspecified atom stereocenters. The van der Waals surface area contributed by atoms with Crippen LogP contribution in [0, 0.1) is 5.92 Å². The monoisotopic (exact) mass is 262 g/mol. The zero-order chi connectivity index (χ0) is 12.1. The molecule has 0 bridgehead atoms. The Morgan fingerprint density at radius 2 is 2.24 bits per heavy atom. The predicted molar refractivity (Wildman–Crippen MR) is 65.5 cm³/mol. The minimum Gasteiger partial charge on any atom is -0.345 e. The molecule has 6 nitrogen and oxygen atoms in total. The maximum Gasteiger partial charge on any atom is 0.237 e. The van der Waals surface area contributed by atoms with Crippen molar-refractivity contribution in [3.8, 4) is 0 Å². The van der Waals surface area contributed by atoms with E-state index in [1.54, 1.807) is 6.92 Å². The van der Waals surface area contributed by atoms with Crippen molar-refractivity contribution < 1.29 is 9.32 Å². The number of carbonyl (C=O) groups excluding carboxylic acids is 1. The zero-order valence-electron chi connectivity index (χ0n) is 10.2. The topological polar surface area (TPSA) is 94.0 Å². The van der Waals surface area contributed by atoms with Crippen molar-refractivity contribution in [1.82, 2.24) is 15.5 Å². The van der Waals surface area contributed by atoms with Crippen LogP contribution in [0.3, 0.4) is 0 Å². The van der Waals surface area contributed by atoms with E-state index in [-0.39, 0.29) is 30.3 Å². The van der Waals surface area contributed by atoms with E-state index in [0.29, 0.717) is 5.82 Å². The Balaban J connectivity index is 0.00000256. The van der Waals surface area contributed by atoms with E-state index >= 15 is 0 Å². The first kappa shape index (κ1) is 15.9. The molecule has 1 heterocycles. The summed E-state index contributed by atoms with van der Waals surface area (Å²) in [5.41, 5.74) is 5.80. The maximum atomic E-state index is 11.7. The number of rotatable bonds is 5. The maximum absolute atomic E-state index is 11.7. The van der Waals surface area contributed by atoms with Crippen LogP contribution in [0.15, 0.2) is 10.9 Å². The molecular weight excluding hydrogens is 244 g/mol. The molecule has 0 saturated carbocycles. The summed E-state index contributed by atoms with van der Waals surface area (Å²) < 4.78 is 4.60. The highest BCUT2D eigenvalue weighted by Crippen LogP contribution is 2.09. The predicted octanol–water partition coefficient (Wildman–Crippen LogP) is 1.04. The Morgan fingerprint density at radius 1 is 1.59 bits per heavy atom. The van der Waals surface area contributed by atoms with Crippen molar-refractivity contribution in [2.45, 2.75) is 39.3 Å². The summed E-state index contributed by atoms with van der Waals surface area (Å²) in [5.74, 6) is 0.411. The van der Waals surface area contributed by atoms with Gasteiger partial charge in [-0.05, 0) is 12.8 Å². The average Bonchev–Trinajstić information content (AvgIpc) is 2.80. The molecule has 0 aliphatic carbocycles. The van der Waals surface area contributed by atoms with Crippen molar-refractivity contribution in [1.29, 1.82) is 0 Å². The number of amides is 1. The van der Waals surface area contributed by atoms with Gasteiger partial charge >= 0.3 is 0 Å². The lowest BCUT2D eigenvalue weighted by Crippen LogP contribution is -2.45. The van der Waals surface area contributed by atoms with Crippen molar-refractivity contribution in [3.05, 3.63) is 12.2 Å². The molecule has 1 aromatic heterocycles. The smallest absolute Gasteiger partial charge is 0.237 e. The van der Waals surface area contributed by atoms with Gasteiger partial charge in [0.25, 0.3) is 0 Å². The molecule has 0 aliphatic rings. The summed E-state index contributed by atoms with van der Waals surface area (Å²) in [6, 6.07) is -0.791. The Morgan fingerprint density at radius 3 is 2.71 bits per heavy atom. The summed E-state index contributed by atoms with van der Waals surface area (Å²) in [6.07, 6.45) is 2.10. The fourth-order valence-electron chi connectivity index (χ4n) is 1.26. The highest BCUT2D eigenvalue weighted by molar-refractivity contribution is 5.85. The van der Waals surface area contributed by atoms with Crippen LogP contribution < -0.4 is 11.1 Å². The SMILES string of the molecule is CCC(C)C(N)C(=O)NC(C)c1ncon1.Cl. The van der Waals surface area contributed by atoms with Crippen molar-refractivity contribution in [2.24, 2.45) is 11.7 Å². The fraction of sp³-hybridized carbons (Fsp3) is 0.700. The molecule has 7 heteroatoms. The fourth-order valence-corrected chi connectivity index (χ4v) is 1.26. The second-order valence-corrected chi connectivity index (χ2v) is 3.93. The third-order valence-corrected chi connectivity index (χ3v) is 2.68. The van der Waals surface area contributed by atoms with Gasteiger partial charge < -0.3 is 15.6 Å². The first-order chi connectivity index (χ1) is 7.56. The third kappa shape index (κ3) is 4.32. The first-order valence-corrected chi connectivity index (χ1v) is 5.38. The molecule has 3 N–H and O–H groups in total. The highest BCUT2D eigenvalue weighted by atomic mass is 35.5. The third-order valence-electron chi connectivity index (χ3n) is 2.68. The van der Waals surface area contributed by atoms with Crippen molar-refractivity contribution >= 4 is 18.3 Å². The van der Waals surface area contributed by atoms with Crippen LogP contribution in [0.2, 0.25) is 0 Å². The number of nitrogens with one attached hydrogen (secondary N) is 1. The van der Waals surface area contributed by atoms with Crippen LogP contribution in [-0.2, 0) is 4.79 Å². The molecule has 98 valence electrons. The summed E-state index contributed by atoms with van der Waals surface area (Å²) in [6.45, 7) is 5.73. The van der Waals surface area contributed by atoms with E-state index in [0.717, 1.165) is 6.42 Å². The zero-order valence-corrected chi connectivity index (χ0v) is 11.0.